The van der Waals surface area contributed by atoms with Crippen molar-refractivity contribution in [2.45, 2.75) is 0 Å². The van der Waals surface area contributed by atoms with E-state index in [1.807, 2.05) is 0 Å². The number of thioether (sulfide) groups is 1. The van der Waals surface area contributed by atoms with Crippen molar-refractivity contribution < 1.29 is 9.59 Å². The lowest BCUT2D eigenvalue weighted by molar-refractivity contribution is -0.115. The van der Waals surface area contributed by atoms with Crippen LogP contribution in [0.3, 0.4) is 0 Å². The second kappa shape index (κ2) is 4.25. The molecule has 3 nitrogen and oxygen atoms in total. The highest BCUT2D eigenvalue weighted by molar-refractivity contribution is 8.18. The van der Waals surface area contributed by atoms with Crippen LogP contribution in [-0.4, -0.2) is 11.1 Å². The molecule has 1 aromatic carbocycles. The summed E-state index contributed by atoms with van der Waals surface area (Å²) in [7, 11) is 0. The van der Waals surface area contributed by atoms with E-state index in [4.69, 9.17) is 6.42 Å². The zero-order valence-corrected chi connectivity index (χ0v) is 9.01. The van der Waals surface area contributed by atoms with Crippen LogP contribution in [0.5, 0.6) is 0 Å². The summed E-state index contributed by atoms with van der Waals surface area (Å²) in [5.74, 6) is 2.15. The molecule has 1 aliphatic heterocycles. The van der Waals surface area contributed by atoms with Crippen molar-refractivity contribution in [3.05, 3.63) is 40.3 Å². The molecule has 0 bridgehead atoms. The third kappa shape index (κ3) is 2.15. The summed E-state index contributed by atoms with van der Waals surface area (Å²) in [6, 6.07) is 7.18. The van der Waals surface area contributed by atoms with Crippen LogP contribution in [-0.2, 0) is 4.79 Å². The molecule has 1 heterocycles. The quantitative estimate of drug-likeness (QED) is 0.591. The fourth-order valence-corrected chi connectivity index (χ4v) is 1.93. The van der Waals surface area contributed by atoms with Crippen LogP contribution in [0.15, 0.2) is 29.2 Å². The molecule has 78 valence electrons. The van der Waals surface area contributed by atoms with Gasteiger partial charge in [0.2, 0.25) is 0 Å². The molecule has 1 aliphatic rings. The molecule has 0 spiro atoms. The van der Waals surface area contributed by atoms with E-state index in [1.165, 1.54) is 0 Å². The van der Waals surface area contributed by atoms with Gasteiger partial charge in [0.1, 0.15) is 0 Å². The second-order valence-electron chi connectivity index (χ2n) is 3.12. The topological polar surface area (TPSA) is 46.2 Å². The summed E-state index contributed by atoms with van der Waals surface area (Å²) in [6.07, 6.45) is 6.88. The first-order valence-electron chi connectivity index (χ1n) is 4.50. The standard InChI is InChI=1S/C12H7NO2S/c1-2-8-3-5-9(6-4-8)7-10-11(14)13-12(15)16-10/h1,3-7H,(H,13,14,15)/b10-7-. The van der Waals surface area contributed by atoms with Crippen molar-refractivity contribution in [1.29, 1.82) is 0 Å². The van der Waals surface area contributed by atoms with Crippen LogP contribution in [0.25, 0.3) is 6.08 Å². The number of carbonyl (C=O) groups excluding carboxylic acids is 2. The molecule has 1 fully saturated rings. The molecule has 0 aromatic heterocycles. The summed E-state index contributed by atoms with van der Waals surface area (Å²) in [6.45, 7) is 0. The summed E-state index contributed by atoms with van der Waals surface area (Å²) in [5, 5.41) is 1.86. The molecule has 0 saturated carbocycles. The van der Waals surface area contributed by atoms with Crippen molar-refractivity contribution in [1.82, 2.24) is 5.32 Å². The fourth-order valence-electron chi connectivity index (χ4n) is 1.25. The normalized spacial score (nSPS) is 17.3. The molecule has 0 atom stereocenters. The van der Waals surface area contributed by atoms with Crippen LogP contribution in [0, 0.1) is 12.3 Å². The average Bonchev–Trinajstić information content (AvgIpc) is 2.59. The van der Waals surface area contributed by atoms with Crippen molar-refractivity contribution in [2.75, 3.05) is 0 Å². The third-order valence-corrected chi connectivity index (χ3v) is 2.83. The highest BCUT2D eigenvalue weighted by Crippen LogP contribution is 2.25. The molecule has 16 heavy (non-hydrogen) atoms. The number of hydrogen-bond donors (Lipinski definition) is 1. The van der Waals surface area contributed by atoms with Gasteiger partial charge in [0.25, 0.3) is 11.1 Å². The summed E-state index contributed by atoms with van der Waals surface area (Å²) in [4.78, 5) is 22.6. The summed E-state index contributed by atoms with van der Waals surface area (Å²) >= 11 is 0.900. The third-order valence-electron chi connectivity index (χ3n) is 2.02. The van der Waals surface area contributed by atoms with E-state index in [2.05, 4.69) is 11.2 Å². The van der Waals surface area contributed by atoms with E-state index in [0.717, 1.165) is 22.9 Å². The average molecular weight is 229 g/mol. The number of nitrogens with one attached hydrogen (secondary N) is 1. The minimum absolute atomic E-state index is 0.337. The molecule has 2 amide bonds. The Morgan fingerprint density at radius 1 is 1.25 bits per heavy atom. The van der Waals surface area contributed by atoms with Gasteiger partial charge >= 0.3 is 0 Å². The van der Waals surface area contributed by atoms with Crippen molar-refractivity contribution in [3.8, 4) is 12.3 Å². The van der Waals surface area contributed by atoms with E-state index < -0.39 is 0 Å². The molecule has 0 unspecified atom stereocenters. The van der Waals surface area contributed by atoms with Gasteiger partial charge in [-0.1, -0.05) is 18.1 Å². The number of rotatable bonds is 1. The molecular formula is C12H7NO2S. The van der Waals surface area contributed by atoms with Crippen LogP contribution in [0.1, 0.15) is 11.1 Å². The largest absolute Gasteiger partial charge is 0.290 e. The lowest BCUT2D eigenvalue weighted by Gasteiger charge is -1.95. The van der Waals surface area contributed by atoms with Crippen molar-refractivity contribution >= 4 is 29.0 Å². The highest BCUT2D eigenvalue weighted by Gasteiger charge is 2.24. The number of imide groups is 1. The van der Waals surface area contributed by atoms with E-state index in [9.17, 15) is 9.59 Å². The van der Waals surface area contributed by atoms with E-state index in [-0.39, 0.29) is 11.1 Å². The second-order valence-corrected chi connectivity index (χ2v) is 4.13. The molecule has 0 radical (unpaired) electrons. The van der Waals surface area contributed by atoms with Gasteiger partial charge in [-0.25, -0.2) is 0 Å². The van der Waals surface area contributed by atoms with Gasteiger partial charge in [-0.15, -0.1) is 6.42 Å². The molecule has 2 rings (SSSR count). The Balaban J connectivity index is 2.26. The molecule has 1 N–H and O–H groups in total. The fraction of sp³-hybridized carbons (Fsp3) is 0. The van der Waals surface area contributed by atoms with Crippen LogP contribution in [0.4, 0.5) is 4.79 Å². The van der Waals surface area contributed by atoms with Crippen LogP contribution in [0.2, 0.25) is 0 Å². The molecule has 0 aliphatic carbocycles. The van der Waals surface area contributed by atoms with Crippen LogP contribution < -0.4 is 5.32 Å². The summed E-state index contributed by atoms with van der Waals surface area (Å²) < 4.78 is 0. The van der Waals surface area contributed by atoms with Crippen molar-refractivity contribution in [2.24, 2.45) is 0 Å². The predicted molar refractivity (Wildman–Crippen MR) is 63.5 cm³/mol. The first-order valence-corrected chi connectivity index (χ1v) is 5.32. The maximum absolute atomic E-state index is 11.3. The first kappa shape index (κ1) is 10.5. The molecule has 4 heteroatoms. The van der Waals surface area contributed by atoms with Gasteiger partial charge in [0.15, 0.2) is 0 Å². The SMILES string of the molecule is C#Cc1ccc(/C=C2\SC(=O)NC2=O)cc1. The number of amides is 2. The molecule has 1 aromatic rings. The van der Waals surface area contributed by atoms with E-state index in [1.54, 1.807) is 30.3 Å². The smallest absolute Gasteiger partial charge is 0.282 e. The number of carbonyl (C=O) groups is 2. The molecular weight excluding hydrogens is 222 g/mol. The Kier molecular flexibility index (Phi) is 2.80. The maximum Gasteiger partial charge on any atom is 0.290 e. The number of hydrogen-bond acceptors (Lipinski definition) is 3. The van der Waals surface area contributed by atoms with Crippen LogP contribution >= 0.6 is 11.8 Å². The molecule has 1 saturated heterocycles. The van der Waals surface area contributed by atoms with Gasteiger partial charge < -0.3 is 0 Å². The number of terminal acetylenes is 1. The van der Waals surface area contributed by atoms with Gasteiger partial charge in [-0.3, -0.25) is 14.9 Å². The maximum atomic E-state index is 11.3. The minimum Gasteiger partial charge on any atom is -0.282 e. The first-order chi connectivity index (χ1) is 7.69. The predicted octanol–water partition coefficient (Wildman–Crippen LogP) is 1.99. The zero-order chi connectivity index (χ0) is 11.5. The van der Waals surface area contributed by atoms with E-state index >= 15 is 0 Å². The van der Waals surface area contributed by atoms with E-state index in [0.29, 0.717) is 4.91 Å². The lowest BCUT2D eigenvalue weighted by atomic mass is 10.1. The van der Waals surface area contributed by atoms with Gasteiger partial charge in [-0.2, -0.15) is 0 Å². The number of benzene rings is 1. The van der Waals surface area contributed by atoms with Gasteiger partial charge in [-0.05, 0) is 35.5 Å². The Bertz CT molecular complexity index is 523. The lowest BCUT2D eigenvalue weighted by Crippen LogP contribution is -2.17. The Morgan fingerprint density at radius 2 is 1.94 bits per heavy atom. The Labute approximate surface area is 96.9 Å². The highest BCUT2D eigenvalue weighted by atomic mass is 32.2. The Morgan fingerprint density at radius 3 is 2.44 bits per heavy atom. The van der Waals surface area contributed by atoms with Gasteiger partial charge in [0.05, 0.1) is 4.91 Å². The summed E-state index contributed by atoms with van der Waals surface area (Å²) in [5.41, 5.74) is 1.62. The van der Waals surface area contributed by atoms with Crippen molar-refractivity contribution in [3.63, 3.8) is 0 Å². The van der Waals surface area contributed by atoms with Gasteiger partial charge in [0, 0.05) is 5.56 Å². The monoisotopic (exact) mass is 229 g/mol. The Hall–Kier alpha value is -1.99. The zero-order valence-electron chi connectivity index (χ0n) is 8.19. The minimum atomic E-state index is -0.351.